The van der Waals surface area contributed by atoms with Crippen LogP contribution in [-0.2, 0) is 9.53 Å². The fraction of sp³-hybridized carbons (Fsp3) is 0.176. The van der Waals surface area contributed by atoms with Crippen molar-refractivity contribution in [2.24, 2.45) is 0 Å². The summed E-state index contributed by atoms with van der Waals surface area (Å²) in [6, 6.07) is 9.85. The topological polar surface area (TPSA) is 95.7 Å². The quantitative estimate of drug-likeness (QED) is 0.434. The number of carbonyl (C=O) groups excluding carboxylic acids is 2. The van der Waals surface area contributed by atoms with Crippen molar-refractivity contribution in [3.05, 3.63) is 63.2 Å². The van der Waals surface area contributed by atoms with Crippen LogP contribution in [0.3, 0.4) is 0 Å². The van der Waals surface area contributed by atoms with Crippen molar-refractivity contribution in [3.63, 3.8) is 0 Å². The van der Waals surface area contributed by atoms with E-state index in [4.69, 9.17) is 21.1 Å². The Kier molecular flexibility index (Phi) is 5.71. The number of hydrogen-bond donors (Lipinski definition) is 0. The van der Waals surface area contributed by atoms with Crippen molar-refractivity contribution in [3.8, 4) is 11.5 Å². The summed E-state index contributed by atoms with van der Waals surface area (Å²) in [5.41, 5.74) is -0.0441. The number of ether oxygens (including phenoxy) is 2. The summed E-state index contributed by atoms with van der Waals surface area (Å²) in [5, 5.41) is 11.3. The molecule has 2 aromatic rings. The molecule has 1 atom stereocenters. The average Bonchev–Trinajstić information content (AvgIpc) is 2.56. The van der Waals surface area contributed by atoms with Gasteiger partial charge in [-0.05, 0) is 50.2 Å². The molecular formula is C17H14ClNO6. The van der Waals surface area contributed by atoms with Crippen LogP contribution in [0.15, 0.2) is 42.5 Å². The fourth-order valence-electron chi connectivity index (χ4n) is 1.82. The zero-order valence-corrected chi connectivity index (χ0v) is 14.1. The van der Waals surface area contributed by atoms with E-state index in [-0.39, 0.29) is 27.8 Å². The molecule has 0 spiro atoms. The van der Waals surface area contributed by atoms with Crippen molar-refractivity contribution in [1.82, 2.24) is 0 Å². The molecule has 7 nitrogen and oxygen atoms in total. The van der Waals surface area contributed by atoms with Crippen molar-refractivity contribution in [1.29, 1.82) is 0 Å². The lowest BCUT2D eigenvalue weighted by atomic mass is 10.2. The van der Waals surface area contributed by atoms with Gasteiger partial charge in [0, 0.05) is 11.1 Å². The highest BCUT2D eigenvalue weighted by Crippen LogP contribution is 2.33. The van der Waals surface area contributed by atoms with Gasteiger partial charge in [0.25, 0.3) is 0 Å². The van der Waals surface area contributed by atoms with Crippen molar-refractivity contribution < 1.29 is 24.0 Å². The summed E-state index contributed by atoms with van der Waals surface area (Å²) in [4.78, 5) is 33.5. The first kappa shape index (κ1) is 18.4. The van der Waals surface area contributed by atoms with Gasteiger partial charge in [-0.15, -0.1) is 0 Å². The Labute approximate surface area is 148 Å². The Hall–Kier alpha value is -2.93. The number of ketones is 1. The number of nitrogens with zero attached hydrogens (tertiary/aromatic N) is 1. The number of carbonyl (C=O) groups is 2. The molecule has 25 heavy (non-hydrogen) atoms. The summed E-state index contributed by atoms with van der Waals surface area (Å²) in [5.74, 6) is -0.591. The third kappa shape index (κ3) is 4.77. The second kappa shape index (κ2) is 7.76. The van der Waals surface area contributed by atoms with Crippen LogP contribution >= 0.6 is 11.6 Å². The molecule has 0 bridgehead atoms. The number of esters is 1. The molecule has 0 fully saturated rings. The normalized spacial score (nSPS) is 11.5. The summed E-state index contributed by atoms with van der Waals surface area (Å²) in [6.45, 7) is 2.81. The summed E-state index contributed by atoms with van der Waals surface area (Å²) >= 11 is 5.75. The van der Waals surface area contributed by atoms with Gasteiger partial charge in [0.1, 0.15) is 5.75 Å². The summed E-state index contributed by atoms with van der Waals surface area (Å²) in [7, 11) is 0. The van der Waals surface area contributed by atoms with Crippen LogP contribution in [0, 0.1) is 10.1 Å². The van der Waals surface area contributed by atoms with Crippen LogP contribution in [0.1, 0.15) is 24.2 Å². The SMILES string of the molecule is CC(=O)[C@@H](C)OC(=O)c1ccc(Oc2ccc(Cl)cc2[N+](=O)[O-])cc1. The molecule has 0 unspecified atom stereocenters. The lowest BCUT2D eigenvalue weighted by molar-refractivity contribution is -0.385. The zero-order chi connectivity index (χ0) is 18.6. The van der Waals surface area contributed by atoms with Gasteiger partial charge < -0.3 is 9.47 Å². The molecule has 0 radical (unpaired) electrons. The average molecular weight is 364 g/mol. The molecule has 0 aliphatic carbocycles. The third-order valence-electron chi connectivity index (χ3n) is 3.29. The van der Waals surface area contributed by atoms with Gasteiger partial charge in [-0.25, -0.2) is 4.79 Å². The number of nitro benzene ring substituents is 1. The highest BCUT2D eigenvalue weighted by Gasteiger charge is 2.18. The summed E-state index contributed by atoms with van der Waals surface area (Å²) in [6.07, 6.45) is -0.833. The molecule has 130 valence electrons. The minimum absolute atomic E-state index is 0.0231. The largest absolute Gasteiger partial charge is 0.451 e. The van der Waals surface area contributed by atoms with E-state index in [2.05, 4.69) is 0 Å². The molecule has 0 aromatic heterocycles. The highest BCUT2D eigenvalue weighted by molar-refractivity contribution is 6.30. The molecule has 0 heterocycles. The van der Waals surface area contributed by atoms with Gasteiger partial charge >= 0.3 is 11.7 Å². The molecule has 0 aliphatic rings. The van der Waals surface area contributed by atoms with Crippen molar-refractivity contribution in [2.45, 2.75) is 20.0 Å². The second-order valence-electron chi connectivity index (χ2n) is 5.15. The van der Waals surface area contributed by atoms with E-state index in [1.54, 1.807) is 0 Å². The van der Waals surface area contributed by atoms with E-state index in [1.807, 2.05) is 0 Å². The van der Waals surface area contributed by atoms with Crippen LogP contribution < -0.4 is 4.74 Å². The Bertz CT molecular complexity index is 818. The lowest BCUT2D eigenvalue weighted by Crippen LogP contribution is -2.21. The molecule has 8 heteroatoms. The Morgan fingerprint density at radius 3 is 2.36 bits per heavy atom. The molecule has 2 aromatic carbocycles. The number of Topliss-reactive ketones (excluding diaryl/α,β-unsaturated/α-hetero) is 1. The number of halogens is 1. The molecule has 0 N–H and O–H groups in total. The number of benzene rings is 2. The number of rotatable bonds is 6. The van der Waals surface area contributed by atoms with E-state index in [0.717, 1.165) is 0 Å². The lowest BCUT2D eigenvalue weighted by Gasteiger charge is -2.10. The third-order valence-corrected chi connectivity index (χ3v) is 3.53. The first-order valence-electron chi connectivity index (χ1n) is 7.21. The van der Waals surface area contributed by atoms with E-state index in [0.29, 0.717) is 5.75 Å². The Balaban J connectivity index is 2.15. The van der Waals surface area contributed by atoms with Gasteiger partial charge in [-0.1, -0.05) is 11.6 Å². The maximum Gasteiger partial charge on any atom is 0.338 e. The fourth-order valence-corrected chi connectivity index (χ4v) is 1.98. The number of nitro groups is 1. The molecule has 0 amide bonds. The van der Waals surface area contributed by atoms with Gasteiger partial charge in [-0.3, -0.25) is 14.9 Å². The minimum Gasteiger partial charge on any atom is -0.451 e. The standard InChI is InChI=1S/C17H14ClNO6/c1-10(20)11(2)24-17(21)12-3-6-14(7-4-12)25-16-8-5-13(18)9-15(16)19(22)23/h3-9,11H,1-2H3/t11-/m1/s1. The highest BCUT2D eigenvalue weighted by atomic mass is 35.5. The first-order chi connectivity index (χ1) is 11.8. The Morgan fingerprint density at radius 1 is 1.16 bits per heavy atom. The van der Waals surface area contributed by atoms with Gasteiger partial charge in [0.15, 0.2) is 11.9 Å². The monoisotopic (exact) mass is 363 g/mol. The van der Waals surface area contributed by atoms with Gasteiger partial charge in [0.05, 0.1) is 10.5 Å². The zero-order valence-electron chi connectivity index (χ0n) is 13.4. The minimum atomic E-state index is -0.833. The molecule has 0 saturated carbocycles. The summed E-state index contributed by atoms with van der Waals surface area (Å²) < 4.78 is 10.5. The smallest absolute Gasteiger partial charge is 0.338 e. The van der Waals surface area contributed by atoms with Crippen molar-refractivity contribution in [2.75, 3.05) is 0 Å². The van der Waals surface area contributed by atoms with Crippen molar-refractivity contribution >= 4 is 29.0 Å². The van der Waals surface area contributed by atoms with E-state index >= 15 is 0 Å². The van der Waals surface area contributed by atoms with Crippen LogP contribution in [0.5, 0.6) is 11.5 Å². The number of hydrogen-bond acceptors (Lipinski definition) is 6. The van der Waals surface area contributed by atoms with E-state index < -0.39 is 17.0 Å². The predicted octanol–water partition coefficient (Wildman–Crippen LogP) is 4.17. The van der Waals surface area contributed by atoms with Gasteiger partial charge in [0.2, 0.25) is 5.75 Å². The van der Waals surface area contributed by atoms with E-state index in [9.17, 15) is 19.7 Å². The van der Waals surface area contributed by atoms with E-state index in [1.165, 1.54) is 56.3 Å². The van der Waals surface area contributed by atoms with Crippen LogP contribution in [0.2, 0.25) is 5.02 Å². The van der Waals surface area contributed by atoms with Gasteiger partial charge in [-0.2, -0.15) is 0 Å². The van der Waals surface area contributed by atoms with Crippen LogP contribution in [-0.4, -0.2) is 22.8 Å². The maximum atomic E-state index is 11.9. The Morgan fingerprint density at radius 2 is 1.80 bits per heavy atom. The molecule has 2 rings (SSSR count). The molecule has 0 saturated heterocycles. The first-order valence-corrected chi connectivity index (χ1v) is 7.59. The second-order valence-corrected chi connectivity index (χ2v) is 5.59. The van der Waals surface area contributed by atoms with Crippen LogP contribution in [0.25, 0.3) is 0 Å². The van der Waals surface area contributed by atoms with Crippen LogP contribution in [0.4, 0.5) is 5.69 Å². The molecule has 0 aliphatic heterocycles. The maximum absolute atomic E-state index is 11.9. The molecular weight excluding hydrogens is 350 g/mol. The predicted molar refractivity (Wildman–Crippen MR) is 90.2 cm³/mol.